The number of nitrogen functional groups attached to an aromatic ring is 1. The maximum Gasteiger partial charge on any atom is 0.169 e. The highest BCUT2D eigenvalue weighted by Gasteiger charge is 2.19. The second-order valence-corrected chi connectivity index (χ2v) is 4.66. The van der Waals surface area contributed by atoms with Gasteiger partial charge >= 0.3 is 0 Å². The van der Waals surface area contributed by atoms with Gasteiger partial charge in [0.05, 0.1) is 12.2 Å². The van der Waals surface area contributed by atoms with Crippen molar-refractivity contribution in [3.05, 3.63) is 41.6 Å². The average molecular weight is 254 g/mol. The molecule has 3 rings (SSSR count). The van der Waals surface area contributed by atoms with Crippen molar-refractivity contribution in [3.8, 4) is 16.9 Å². The summed E-state index contributed by atoms with van der Waals surface area (Å²) in [5.41, 5.74) is 9.35. The molecular formula is C15H14N2O2. The van der Waals surface area contributed by atoms with Crippen LogP contribution in [0.4, 0.5) is 5.82 Å². The number of nitrogens with two attached hydrogens (primary N) is 1. The predicted molar refractivity (Wildman–Crippen MR) is 73.3 cm³/mol. The number of ether oxygens (including phenoxy) is 1. The van der Waals surface area contributed by atoms with Gasteiger partial charge in [-0.3, -0.25) is 4.79 Å². The second-order valence-electron chi connectivity index (χ2n) is 4.66. The van der Waals surface area contributed by atoms with E-state index < -0.39 is 0 Å². The molecule has 0 saturated carbocycles. The molecule has 0 fully saturated rings. The van der Waals surface area contributed by atoms with Crippen LogP contribution in [-0.4, -0.2) is 17.4 Å². The molecule has 0 aliphatic carbocycles. The number of hydrogen-bond acceptors (Lipinski definition) is 4. The van der Waals surface area contributed by atoms with Gasteiger partial charge in [-0.1, -0.05) is 6.07 Å². The minimum absolute atomic E-state index is 0.139. The van der Waals surface area contributed by atoms with Crippen molar-refractivity contribution in [2.45, 2.75) is 13.3 Å². The highest BCUT2D eigenvalue weighted by Crippen LogP contribution is 2.32. The number of pyridine rings is 1. The molecule has 96 valence electrons. The van der Waals surface area contributed by atoms with E-state index in [9.17, 15) is 4.79 Å². The maximum atomic E-state index is 11.7. The molecule has 4 heteroatoms. The van der Waals surface area contributed by atoms with Crippen LogP contribution >= 0.6 is 0 Å². The Kier molecular flexibility index (Phi) is 2.71. The van der Waals surface area contributed by atoms with Crippen molar-refractivity contribution in [1.82, 2.24) is 4.98 Å². The number of Topliss-reactive ketones (excluding diaryl/α,β-unsaturated/α-hetero) is 1. The first-order valence-corrected chi connectivity index (χ1v) is 6.18. The molecule has 0 radical (unpaired) electrons. The molecule has 2 aromatic rings. The Balaban J connectivity index is 2.09. The Labute approximate surface area is 111 Å². The quantitative estimate of drug-likeness (QED) is 0.849. The number of hydrogen-bond donors (Lipinski definition) is 1. The Bertz CT molecular complexity index is 665. The van der Waals surface area contributed by atoms with Gasteiger partial charge in [0.25, 0.3) is 0 Å². The smallest absolute Gasteiger partial charge is 0.169 e. The van der Waals surface area contributed by atoms with Crippen LogP contribution in [0.1, 0.15) is 22.3 Å². The normalized spacial score (nSPS) is 13.8. The summed E-state index contributed by atoms with van der Waals surface area (Å²) in [5.74, 6) is 1.30. The number of fused-ring (bicyclic) bond motifs is 1. The minimum atomic E-state index is 0.139. The van der Waals surface area contributed by atoms with E-state index in [4.69, 9.17) is 10.5 Å². The first-order chi connectivity index (χ1) is 9.15. The van der Waals surface area contributed by atoms with Crippen molar-refractivity contribution >= 4 is 11.6 Å². The largest absolute Gasteiger partial charge is 0.492 e. The number of anilines is 1. The molecule has 4 nitrogen and oxygen atoms in total. The van der Waals surface area contributed by atoms with E-state index >= 15 is 0 Å². The summed E-state index contributed by atoms with van der Waals surface area (Å²) in [4.78, 5) is 15.8. The van der Waals surface area contributed by atoms with E-state index in [1.165, 1.54) is 0 Å². The van der Waals surface area contributed by atoms with Gasteiger partial charge in [0, 0.05) is 18.2 Å². The van der Waals surface area contributed by atoms with Crippen molar-refractivity contribution in [3.63, 3.8) is 0 Å². The third-order valence-corrected chi connectivity index (χ3v) is 3.31. The lowest BCUT2D eigenvalue weighted by atomic mass is 9.98. The van der Waals surface area contributed by atoms with E-state index in [0.29, 0.717) is 30.2 Å². The van der Waals surface area contributed by atoms with E-state index in [1.807, 2.05) is 31.2 Å². The van der Waals surface area contributed by atoms with E-state index in [2.05, 4.69) is 4.98 Å². The molecule has 19 heavy (non-hydrogen) atoms. The summed E-state index contributed by atoms with van der Waals surface area (Å²) in [6, 6.07) is 7.47. The summed E-state index contributed by atoms with van der Waals surface area (Å²) in [5, 5.41) is 0. The molecule has 0 unspecified atom stereocenters. The van der Waals surface area contributed by atoms with Gasteiger partial charge in [-0.2, -0.15) is 0 Å². The number of aromatic nitrogens is 1. The zero-order chi connectivity index (χ0) is 13.4. The summed E-state index contributed by atoms with van der Waals surface area (Å²) in [7, 11) is 0. The van der Waals surface area contributed by atoms with Gasteiger partial charge in [0.1, 0.15) is 11.6 Å². The summed E-state index contributed by atoms with van der Waals surface area (Å²) >= 11 is 0. The van der Waals surface area contributed by atoms with Gasteiger partial charge in [0.15, 0.2) is 5.78 Å². The van der Waals surface area contributed by atoms with Crippen LogP contribution in [0.15, 0.2) is 30.5 Å². The van der Waals surface area contributed by atoms with Crippen LogP contribution in [0.25, 0.3) is 11.1 Å². The Morgan fingerprint density at radius 2 is 2.11 bits per heavy atom. The molecule has 1 aliphatic rings. The van der Waals surface area contributed by atoms with E-state index in [0.717, 1.165) is 16.7 Å². The standard InChI is InChI=1S/C15H14N2O2/c1-9-6-15(16)17-8-12(9)10-2-3-11-13(18)4-5-19-14(11)7-10/h2-3,6-8H,4-5H2,1H3,(H2,16,17). The van der Waals surface area contributed by atoms with Crippen LogP contribution in [0.2, 0.25) is 0 Å². The Hall–Kier alpha value is -2.36. The number of ketones is 1. The van der Waals surface area contributed by atoms with Gasteiger partial charge < -0.3 is 10.5 Å². The third kappa shape index (κ3) is 2.05. The van der Waals surface area contributed by atoms with Crippen molar-refractivity contribution in [1.29, 1.82) is 0 Å². The number of benzene rings is 1. The zero-order valence-corrected chi connectivity index (χ0v) is 10.6. The van der Waals surface area contributed by atoms with Crippen LogP contribution in [0, 0.1) is 6.92 Å². The van der Waals surface area contributed by atoms with E-state index in [1.54, 1.807) is 6.20 Å². The number of aryl methyl sites for hydroxylation is 1. The SMILES string of the molecule is Cc1cc(N)ncc1-c1ccc2c(c1)OCCC2=O. The van der Waals surface area contributed by atoms with Crippen molar-refractivity contribution in [2.24, 2.45) is 0 Å². The van der Waals surface area contributed by atoms with E-state index in [-0.39, 0.29) is 5.78 Å². The second kappa shape index (κ2) is 4.39. The topological polar surface area (TPSA) is 65.2 Å². The molecule has 0 bridgehead atoms. The van der Waals surface area contributed by atoms with Crippen LogP contribution in [0.5, 0.6) is 5.75 Å². The summed E-state index contributed by atoms with van der Waals surface area (Å²) < 4.78 is 5.55. The average Bonchev–Trinajstić information content (AvgIpc) is 2.38. The number of rotatable bonds is 1. The number of nitrogens with zero attached hydrogens (tertiary/aromatic N) is 1. The highest BCUT2D eigenvalue weighted by molar-refractivity contribution is 6.00. The Morgan fingerprint density at radius 3 is 2.89 bits per heavy atom. The van der Waals surface area contributed by atoms with Crippen LogP contribution in [-0.2, 0) is 0 Å². The number of carbonyl (C=O) groups excluding carboxylic acids is 1. The monoisotopic (exact) mass is 254 g/mol. The third-order valence-electron chi connectivity index (χ3n) is 3.31. The fraction of sp³-hybridized carbons (Fsp3) is 0.200. The molecule has 0 spiro atoms. The van der Waals surface area contributed by atoms with Gasteiger partial charge in [-0.15, -0.1) is 0 Å². The molecule has 2 N–H and O–H groups in total. The van der Waals surface area contributed by atoms with Gasteiger partial charge in [-0.05, 0) is 36.2 Å². The van der Waals surface area contributed by atoms with Gasteiger partial charge in [-0.25, -0.2) is 4.98 Å². The lowest BCUT2D eigenvalue weighted by molar-refractivity contribution is 0.0933. The van der Waals surface area contributed by atoms with Crippen LogP contribution in [0.3, 0.4) is 0 Å². The highest BCUT2D eigenvalue weighted by atomic mass is 16.5. The predicted octanol–water partition coefficient (Wildman–Crippen LogP) is 2.60. The first kappa shape index (κ1) is 11.7. The molecule has 0 amide bonds. The molecule has 0 saturated heterocycles. The summed E-state index contributed by atoms with van der Waals surface area (Å²) in [6.07, 6.45) is 2.20. The number of carbonyl (C=O) groups is 1. The molecule has 2 heterocycles. The Morgan fingerprint density at radius 1 is 1.26 bits per heavy atom. The fourth-order valence-electron chi connectivity index (χ4n) is 2.31. The molecule has 1 aromatic carbocycles. The fourth-order valence-corrected chi connectivity index (χ4v) is 2.31. The summed E-state index contributed by atoms with van der Waals surface area (Å²) in [6.45, 7) is 2.44. The molecule has 1 aromatic heterocycles. The lowest BCUT2D eigenvalue weighted by Gasteiger charge is -2.17. The maximum absolute atomic E-state index is 11.7. The molecular weight excluding hydrogens is 240 g/mol. The van der Waals surface area contributed by atoms with Crippen molar-refractivity contribution in [2.75, 3.05) is 12.3 Å². The zero-order valence-electron chi connectivity index (χ0n) is 10.6. The van der Waals surface area contributed by atoms with Gasteiger partial charge in [0.2, 0.25) is 0 Å². The van der Waals surface area contributed by atoms with Crippen LogP contribution < -0.4 is 10.5 Å². The van der Waals surface area contributed by atoms with Crippen molar-refractivity contribution < 1.29 is 9.53 Å². The lowest BCUT2D eigenvalue weighted by Crippen LogP contribution is -2.15. The minimum Gasteiger partial charge on any atom is -0.492 e. The molecule has 1 aliphatic heterocycles. The first-order valence-electron chi connectivity index (χ1n) is 6.18. The molecule has 0 atom stereocenters.